The van der Waals surface area contributed by atoms with Gasteiger partial charge in [0, 0.05) is 31.7 Å². The zero-order valence-electron chi connectivity index (χ0n) is 18.8. The molecule has 5 rings (SSSR count). The number of nitrogens with one attached hydrogen (secondary N) is 1. The molecule has 3 heterocycles. The van der Waals surface area contributed by atoms with Crippen molar-refractivity contribution in [3.63, 3.8) is 0 Å². The van der Waals surface area contributed by atoms with Crippen molar-refractivity contribution in [3.05, 3.63) is 77.5 Å². The summed E-state index contributed by atoms with van der Waals surface area (Å²) < 4.78 is 0. The number of aromatic nitrogens is 3. The van der Waals surface area contributed by atoms with E-state index >= 15 is 0 Å². The van der Waals surface area contributed by atoms with Crippen LogP contribution in [0.2, 0.25) is 0 Å². The molecule has 1 saturated heterocycles. The van der Waals surface area contributed by atoms with E-state index in [1.54, 1.807) is 35.2 Å². The molecule has 1 fully saturated rings. The maximum Gasteiger partial charge on any atom is 0.407 e. The molecule has 1 aliphatic heterocycles. The van der Waals surface area contributed by atoms with Gasteiger partial charge in [0.05, 0.1) is 22.3 Å². The van der Waals surface area contributed by atoms with Crippen molar-refractivity contribution in [2.24, 2.45) is 0 Å². The largest absolute Gasteiger partial charge is 0.508 e. The van der Waals surface area contributed by atoms with Gasteiger partial charge < -0.3 is 20.0 Å². The number of aromatic hydroxyl groups is 1. The Bertz CT molecular complexity index is 1410. The molecule has 4 aromatic rings. The van der Waals surface area contributed by atoms with Crippen molar-refractivity contribution in [2.75, 3.05) is 26.2 Å². The Morgan fingerprint density at radius 3 is 2.29 bits per heavy atom. The van der Waals surface area contributed by atoms with E-state index in [0.717, 1.165) is 11.1 Å². The minimum Gasteiger partial charge on any atom is -0.508 e. The molecule has 0 saturated carbocycles. The lowest BCUT2D eigenvalue weighted by molar-refractivity contribution is 0.0626. The second-order valence-corrected chi connectivity index (χ2v) is 8.24. The van der Waals surface area contributed by atoms with Crippen LogP contribution in [0.25, 0.3) is 34.4 Å². The topological polar surface area (TPSA) is 123 Å². The second kappa shape index (κ2) is 9.30. The molecule has 0 radical (unpaired) electrons. The number of carboxylic acid groups (broad SMARTS) is 1. The van der Waals surface area contributed by atoms with Crippen molar-refractivity contribution in [3.8, 4) is 17.0 Å². The number of carbonyl (C=O) groups excluding carboxylic acids is 1. The molecule has 2 aromatic heterocycles. The smallest absolute Gasteiger partial charge is 0.407 e. The van der Waals surface area contributed by atoms with Gasteiger partial charge in [-0.25, -0.2) is 9.78 Å². The molecule has 0 atom stereocenters. The van der Waals surface area contributed by atoms with Crippen molar-refractivity contribution >= 4 is 35.2 Å². The van der Waals surface area contributed by atoms with Crippen LogP contribution in [0.3, 0.4) is 0 Å². The summed E-state index contributed by atoms with van der Waals surface area (Å²) in [6.07, 6.45) is 2.81. The maximum atomic E-state index is 13.7. The number of aromatic amines is 1. The number of phenolic OH excluding ortho intramolecular Hbond substituents is 1. The first-order valence-corrected chi connectivity index (χ1v) is 11.2. The number of rotatable bonds is 4. The highest BCUT2D eigenvalue weighted by Gasteiger charge is 2.27. The molecule has 0 bridgehead atoms. The minimum atomic E-state index is -0.985. The van der Waals surface area contributed by atoms with Gasteiger partial charge in [0.2, 0.25) is 0 Å². The molecular weight excluding hydrogens is 446 g/mol. The Balaban J connectivity index is 1.57. The zero-order chi connectivity index (χ0) is 24.4. The van der Waals surface area contributed by atoms with Crippen LogP contribution in [0.4, 0.5) is 4.79 Å². The number of hydrogen-bond donors (Lipinski definition) is 3. The first-order chi connectivity index (χ1) is 17.0. The van der Waals surface area contributed by atoms with Crippen molar-refractivity contribution in [2.45, 2.75) is 0 Å². The number of H-pyrrole nitrogens is 1. The highest BCUT2D eigenvalue weighted by Crippen LogP contribution is 2.29. The van der Waals surface area contributed by atoms with Gasteiger partial charge in [0.25, 0.3) is 5.91 Å². The molecule has 2 amide bonds. The molecule has 0 spiro atoms. The third kappa shape index (κ3) is 4.56. The van der Waals surface area contributed by atoms with Crippen LogP contribution in [0.1, 0.15) is 21.6 Å². The van der Waals surface area contributed by atoms with Crippen LogP contribution in [0, 0.1) is 0 Å². The summed E-state index contributed by atoms with van der Waals surface area (Å²) in [7, 11) is 0. The quantitative estimate of drug-likeness (QED) is 0.416. The van der Waals surface area contributed by atoms with Crippen molar-refractivity contribution in [1.29, 1.82) is 0 Å². The summed E-state index contributed by atoms with van der Waals surface area (Å²) in [5, 5.41) is 26.9. The third-order valence-corrected chi connectivity index (χ3v) is 6.02. The fraction of sp³-hybridized carbons (Fsp3) is 0.154. The number of hydrogen-bond acceptors (Lipinski definition) is 5. The molecule has 1 aliphatic rings. The van der Waals surface area contributed by atoms with E-state index in [0.29, 0.717) is 41.1 Å². The zero-order valence-corrected chi connectivity index (χ0v) is 18.8. The molecule has 2 aromatic carbocycles. The van der Waals surface area contributed by atoms with Crippen LogP contribution in [-0.4, -0.2) is 73.4 Å². The summed E-state index contributed by atoms with van der Waals surface area (Å²) in [6.45, 7) is 1.12. The summed E-state index contributed by atoms with van der Waals surface area (Å²) in [4.78, 5) is 32.6. The van der Waals surface area contributed by atoms with Gasteiger partial charge in [-0.1, -0.05) is 36.4 Å². The summed E-state index contributed by atoms with van der Waals surface area (Å²) in [5.74, 6) is -0.0752. The van der Waals surface area contributed by atoms with Crippen LogP contribution < -0.4 is 0 Å². The Kier molecular flexibility index (Phi) is 5.88. The number of phenols is 1. The Labute approximate surface area is 200 Å². The minimum absolute atomic E-state index is 0.135. The van der Waals surface area contributed by atoms with E-state index in [1.807, 2.05) is 42.5 Å². The summed E-state index contributed by atoms with van der Waals surface area (Å²) >= 11 is 0. The van der Waals surface area contributed by atoms with Gasteiger partial charge in [-0.3, -0.25) is 9.89 Å². The molecule has 0 unspecified atom stereocenters. The molecule has 9 nitrogen and oxygen atoms in total. The second-order valence-electron chi connectivity index (χ2n) is 8.24. The monoisotopic (exact) mass is 469 g/mol. The fourth-order valence-electron chi connectivity index (χ4n) is 4.13. The van der Waals surface area contributed by atoms with Gasteiger partial charge in [0.1, 0.15) is 5.75 Å². The SMILES string of the molecule is O=C(O)N1CCN(C(=O)c2cc(-c3ccc(O)cc3)nc3n[nH]c(C=Cc4ccccc4)c23)CC1. The average molecular weight is 470 g/mol. The molecule has 35 heavy (non-hydrogen) atoms. The number of carbonyl (C=O) groups is 2. The number of pyridine rings is 1. The molecule has 0 aliphatic carbocycles. The highest BCUT2D eigenvalue weighted by molar-refractivity contribution is 6.09. The Morgan fingerprint density at radius 2 is 1.60 bits per heavy atom. The third-order valence-electron chi connectivity index (χ3n) is 6.02. The van der Waals surface area contributed by atoms with Crippen molar-refractivity contribution in [1.82, 2.24) is 25.0 Å². The van der Waals surface area contributed by atoms with E-state index in [1.165, 1.54) is 4.90 Å². The average Bonchev–Trinajstić information content (AvgIpc) is 3.30. The lowest BCUT2D eigenvalue weighted by Gasteiger charge is -2.33. The normalized spacial score (nSPS) is 14.1. The van der Waals surface area contributed by atoms with E-state index in [-0.39, 0.29) is 24.7 Å². The van der Waals surface area contributed by atoms with E-state index in [9.17, 15) is 19.8 Å². The Hall–Kier alpha value is -4.66. The van der Waals surface area contributed by atoms with Crippen molar-refractivity contribution < 1.29 is 19.8 Å². The fourth-order valence-corrected chi connectivity index (χ4v) is 4.13. The predicted molar refractivity (Wildman–Crippen MR) is 132 cm³/mol. The number of fused-ring (bicyclic) bond motifs is 1. The van der Waals surface area contributed by atoms with Gasteiger partial charge in [0.15, 0.2) is 5.65 Å². The van der Waals surface area contributed by atoms with Crippen LogP contribution in [0.15, 0.2) is 60.7 Å². The standard InChI is InChI=1S/C26H23N5O4/c32-19-9-7-18(8-10-19)22-16-20(25(33)30-12-14-31(15-13-30)26(34)35)23-21(28-29-24(23)27-22)11-6-17-4-2-1-3-5-17/h1-11,16,32H,12-15H2,(H,34,35)(H,27,28,29). The first kappa shape index (κ1) is 22.1. The van der Waals surface area contributed by atoms with Gasteiger partial charge in [-0.2, -0.15) is 5.10 Å². The molecule has 176 valence electrons. The lowest BCUT2D eigenvalue weighted by atomic mass is 10.0. The van der Waals surface area contributed by atoms with Gasteiger partial charge in [-0.15, -0.1) is 0 Å². The number of nitrogens with zero attached hydrogens (tertiary/aromatic N) is 4. The molecule has 3 N–H and O–H groups in total. The van der Waals surface area contributed by atoms with Crippen LogP contribution >= 0.6 is 0 Å². The first-order valence-electron chi connectivity index (χ1n) is 11.2. The van der Waals surface area contributed by atoms with Gasteiger partial charge in [-0.05, 0) is 42.0 Å². The molecular formula is C26H23N5O4. The molecule has 9 heteroatoms. The van der Waals surface area contributed by atoms with Crippen LogP contribution in [-0.2, 0) is 0 Å². The Morgan fingerprint density at radius 1 is 0.914 bits per heavy atom. The van der Waals surface area contributed by atoms with E-state index in [4.69, 9.17) is 0 Å². The maximum absolute atomic E-state index is 13.7. The van der Waals surface area contributed by atoms with E-state index in [2.05, 4.69) is 15.2 Å². The highest BCUT2D eigenvalue weighted by atomic mass is 16.4. The van der Waals surface area contributed by atoms with E-state index < -0.39 is 6.09 Å². The predicted octanol–water partition coefficient (Wildman–Crippen LogP) is 3.94. The van der Waals surface area contributed by atoms with Gasteiger partial charge >= 0.3 is 6.09 Å². The number of amides is 2. The number of piperazine rings is 1. The summed E-state index contributed by atoms with van der Waals surface area (Å²) in [6, 6.07) is 18.1. The lowest BCUT2D eigenvalue weighted by Crippen LogP contribution is -2.50. The number of benzene rings is 2. The summed E-state index contributed by atoms with van der Waals surface area (Å²) in [5.41, 5.74) is 3.77. The van der Waals surface area contributed by atoms with Crippen LogP contribution in [0.5, 0.6) is 5.75 Å².